The van der Waals surface area contributed by atoms with E-state index >= 15 is 0 Å². The van der Waals surface area contributed by atoms with Crippen LogP contribution in [0, 0.1) is 6.92 Å². The van der Waals surface area contributed by atoms with Crippen molar-refractivity contribution in [3.8, 4) is 22.8 Å². The fourth-order valence-corrected chi connectivity index (χ4v) is 4.77. The van der Waals surface area contributed by atoms with Gasteiger partial charge >= 0.3 is 6.18 Å². The largest absolute Gasteiger partial charge is 0.493 e. The third kappa shape index (κ3) is 4.81. The third-order valence-corrected chi connectivity index (χ3v) is 6.29. The number of hydrogen-bond donors (Lipinski definition) is 0. The number of hydrogen-bond acceptors (Lipinski definition) is 5. The Morgan fingerprint density at radius 1 is 1.26 bits per heavy atom. The molecule has 0 N–H and O–H groups in total. The Kier molecular flexibility index (Phi) is 6.14. The van der Waals surface area contributed by atoms with Crippen LogP contribution in [0.25, 0.3) is 11.3 Å². The second kappa shape index (κ2) is 8.68. The summed E-state index contributed by atoms with van der Waals surface area (Å²) in [5, 5.41) is -0.0720. The lowest BCUT2D eigenvalue weighted by Crippen LogP contribution is -2.24. The van der Waals surface area contributed by atoms with Crippen molar-refractivity contribution in [3.63, 3.8) is 0 Å². The first-order chi connectivity index (χ1) is 14.7. The SMILES string of the molecule is COc1cc(-c2ncc(C(F)(F)F)cc2Cl)cc2c1OCCN(Cc1ccc(C)s1)C2. The minimum atomic E-state index is -4.50. The van der Waals surface area contributed by atoms with Crippen LogP contribution in [-0.4, -0.2) is 30.1 Å². The van der Waals surface area contributed by atoms with Gasteiger partial charge in [0.05, 0.1) is 23.4 Å². The number of aromatic nitrogens is 1. The number of rotatable bonds is 4. The van der Waals surface area contributed by atoms with Crippen molar-refractivity contribution in [2.75, 3.05) is 20.3 Å². The fraction of sp³-hybridized carbons (Fsp3) is 0.318. The molecule has 0 unspecified atom stereocenters. The Hall–Kier alpha value is -2.29. The standard InChI is InChI=1S/C22H20ClF3N2O2S/c1-13-3-4-17(31-13)12-28-5-6-30-21-15(11-28)7-14(8-19(21)29-2)20-18(23)9-16(10-27-20)22(24,25)26/h3-4,7-10H,5-6,11-12H2,1-2H3. The summed E-state index contributed by atoms with van der Waals surface area (Å²) in [4.78, 5) is 8.78. The average Bonchev–Trinajstić information content (AvgIpc) is 3.00. The van der Waals surface area contributed by atoms with Gasteiger partial charge in [0.15, 0.2) is 11.5 Å². The zero-order valence-corrected chi connectivity index (χ0v) is 18.5. The molecule has 0 saturated heterocycles. The van der Waals surface area contributed by atoms with Crippen molar-refractivity contribution >= 4 is 22.9 Å². The Morgan fingerprint density at radius 2 is 2.06 bits per heavy atom. The summed E-state index contributed by atoms with van der Waals surface area (Å²) in [6, 6.07) is 8.66. The summed E-state index contributed by atoms with van der Waals surface area (Å²) in [6.45, 7) is 4.71. The number of aryl methyl sites for hydroxylation is 1. The van der Waals surface area contributed by atoms with Gasteiger partial charge in [-0.25, -0.2) is 0 Å². The van der Waals surface area contributed by atoms with E-state index in [4.69, 9.17) is 21.1 Å². The van der Waals surface area contributed by atoms with E-state index in [1.165, 1.54) is 16.9 Å². The molecule has 3 aromatic rings. The van der Waals surface area contributed by atoms with Gasteiger partial charge < -0.3 is 9.47 Å². The number of fused-ring (bicyclic) bond motifs is 1. The number of pyridine rings is 1. The Morgan fingerprint density at radius 3 is 2.71 bits per heavy atom. The van der Waals surface area contributed by atoms with Crippen LogP contribution in [0.3, 0.4) is 0 Å². The molecule has 0 amide bonds. The van der Waals surface area contributed by atoms with Gasteiger partial charge in [-0.1, -0.05) is 11.6 Å². The molecule has 0 bridgehead atoms. The number of halogens is 4. The molecule has 0 radical (unpaired) electrons. The van der Waals surface area contributed by atoms with Crippen LogP contribution in [-0.2, 0) is 19.3 Å². The van der Waals surface area contributed by atoms with Crippen LogP contribution in [0.5, 0.6) is 11.5 Å². The van der Waals surface area contributed by atoms with Crippen LogP contribution in [0.2, 0.25) is 5.02 Å². The molecule has 0 saturated carbocycles. The van der Waals surface area contributed by atoms with Crippen molar-refractivity contribution in [2.24, 2.45) is 0 Å². The lowest BCUT2D eigenvalue weighted by Gasteiger charge is -2.19. The quantitative estimate of drug-likeness (QED) is 0.457. The van der Waals surface area contributed by atoms with E-state index in [1.807, 2.05) is 6.07 Å². The van der Waals surface area contributed by atoms with Gasteiger partial charge in [-0.05, 0) is 37.3 Å². The normalized spacial score (nSPS) is 14.6. The lowest BCUT2D eigenvalue weighted by atomic mass is 10.0. The van der Waals surface area contributed by atoms with Crippen molar-refractivity contribution in [3.05, 3.63) is 62.4 Å². The second-order valence-electron chi connectivity index (χ2n) is 7.29. The van der Waals surface area contributed by atoms with E-state index in [2.05, 4.69) is 28.9 Å². The van der Waals surface area contributed by atoms with Gasteiger partial charge in [0, 0.05) is 46.7 Å². The number of alkyl halides is 3. The van der Waals surface area contributed by atoms with Crippen LogP contribution in [0.15, 0.2) is 36.5 Å². The number of methoxy groups -OCH3 is 1. The van der Waals surface area contributed by atoms with E-state index in [-0.39, 0.29) is 10.7 Å². The molecule has 31 heavy (non-hydrogen) atoms. The van der Waals surface area contributed by atoms with E-state index in [0.29, 0.717) is 30.2 Å². The lowest BCUT2D eigenvalue weighted by molar-refractivity contribution is -0.137. The highest BCUT2D eigenvalue weighted by molar-refractivity contribution is 7.11. The summed E-state index contributed by atoms with van der Waals surface area (Å²) >= 11 is 7.93. The second-order valence-corrected chi connectivity index (χ2v) is 9.07. The van der Waals surface area contributed by atoms with Crippen LogP contribution >= 0.6 is 22.9 Å². The molecule has 1 aromatic carbocycles. The van der Waals surface area contributed by atoms with Crippen molar-refractivity contribution < 1.29 is 22.6 Å². The predicted molar refractivity (Wildman–Crippen MR) is 115 cm³/mol. The van der Waals surface area contributed by atoms with Gasteiger partial charge in [-0.2, -0.15) is 13.2 Å². The Balaban J connectivity index is 1.69. The zero-order valence-electron chi connectivity index (χ0n) is 16.9. The highest BCUT2D eigenvalue weighted by Gasteiger charge is 2.32. The summed E-state index contributed by atoms with van der Waals surface area (Å²) in [5.74, 6) is 1.14. The molecular weight excluding hydrogens is 449 g/mol. The van der Waals surface area contributed by atoms with Crippen molar-refractivity contribution in [1.29, 1.82) is 0 Å². The van der Waals surface area contributed by atoms with Crippen molar-refractivity contribution in [1.82, 2.24) is 9.88 Å². The predicted octanol–water partition coefficient (Wildman–Crippen LogP) is 6.19. The first kappa shape index (κ1) is 21.9. The van der Waals surface area contributed by atoms with Gasteiger partial charge in [0.25, 0.3) is 0 Å². The Labute approximate surface area is 187 Å². The third-order valence-electron chi connectivity index (χ3n) is 5.02. The molecule has 1 aliphatic rings. The maximum Gasteiger partial charge on any atom is 0.417 e. The van der Waals surface area contributed by atoms with Crippen LogP contribution in [0.4, 0.5) is 13.2 Å². The van der Waals surface area contributed by atoms with E-state index in [0.717, 1.165) is 30.9 Å². The molecule has 1 aliphatic heterocycles. The smallest absolute Gasteiger partial charge is 0.417 e. The number of benzene rings is 1. The molecule has 164 valence electrons. The highest BCUT2D eigenvalue weighted by Crippen LogP contribution is 2.40. The zero-order chi connectivity index (χ0) is 22.2. The molecular formula is C22H20ClF3N2O2S. The molecule has 9 heteroatoms. The van der Waals surface area contributed by atoms with Gasteiger partial charge in [-0.3, -0.25) is 9.88 Å². The molecule has 3 heterocycles. The maximum absolute atomic E-state index is 13.0. The minimum absolute atomic E-state index is 0.0720. The van der Waals surface area contributed by atoms with E-state index in [9.17, 15) is 13.2 Å². The van der Waals surface area contributed by atoms with E-state index < -0.39 is 11.7 Å². The van der Waals surface area contributed by atoms with Crippen LogP contribution < -0.4 is 9.47 Å². The van der Waals surface area contributed by atoms with Crippen molar-refractivity contribution in [2.45, 2.75) is 26.2 Å². The number of ether oxygens (including phenoxy) is 2. The summed E-state index contributed by atoms with van der Waals surface area (Å²) < 4.78 is 50.4. The summed E-state index contributed by atoms with van der Waals surface area (Å²) in [7, 11) is 1.53. The molecule has 4 nitrogen and oxygen atoms in total. The highest BCUT2D eigenvalue weighted by atomic mass is 35.5. The first-order valence-corrected chi connectivity index (χ1v) is 10.8. The van der Waals surface area contributed by atoms with Gasteiger partial charge in [0.2, 0.25) is 0 Å². The van der Waals surface area contributed by atoms with Gasteiger partial charge in [0.1, 0.15) is 6.61 Å². The molecule has 2 aromatic heterocycles. The van der Waals surface area contributed by atoms with E-state index in [1.54, 1.807) is 17.4 Å². The fourth-order valence-electron chi connectivity index (χ4n) is 3.56. The minimum Gasteiger partial charge on any atom is -0.493 e. The monoisotopic (exact) mass is 468 g/mol. The molecule has 0 atom stereocenters. The molecule has 0 aliphatic carbocycles. The topological polar surface area (TPSA) is 34.6 Å². The molecule has 4 rings (SSSR count). The molecule has 0 spiro atoms. The number of nitrogens with zero attached hydrogens (tertiary/aromatic N) is 2. The summed E-state index contributed by atoms with van der Waals surface area (Å²) in [5.41, 5.74) is 0.828. The Bertz CT molecular complexity index is 1100. The number of thiophene rings is 1. The van der Waals surface area contributed by atoms with Crippen LogP contribution in [0.1, 0.15) is 20.9 Å². The maximum atomic E-state index is 13.0. The average molecular weight is 469 g/mol. The van der Waals surface area contributed by atoms with Gasteiger partial charge in [-0.15, -0.1) is 11.3 Å². The molecule has 0 fully saturated rings. The summed E-state index contributed by atoms with van der Waals surface area (Å²) in [6.07, 6.45) is -3.71. The first-order valence-electron chi connectivity index (χ1n) is 9.59.